The Labute approximate surface area is 171 Å². The molecule has 0 unspecified atom stereocenters. The number of hydrogen-bond donors (Lipinski definition) is 3. The molecule has 3 rings (SSSR count). The molecule has 0 saturated heterocycles. The van der Waals surface area contributed by atoms with E-state index in [9.17, 15) is 9.59 Å². The Balaban J connectivity index is 1.90. The lowest BCUT2D eigenvalue weighted by atomic mass is 10.0. The van der Waals surface area contributed by atoms with E-state index in [-0.39, 0.29) is 11.8 Å². The minimum absolute atomic E-state index is 0.00362. The molecule has 9 nitrogen and oxygen atoms in total. The van der Waals surface area contributed by atoms with Crippen molar-refractivity contribution in [2.75, 3.05) is 10.6 Å². The highest BCUT2D eigenvalue weighted by molar-refractivity contribution is 5.88. The third-order valence-electron chi connectivity index (χ3n) is 4.08. The Morgan fingerprint density at radius 3 is 2.57 bits per heavy atom. The number of allylic oxidation sites excluding steroid dienone is 1. The van der Waals surface area contributed by atoms with Gasteiger partial charge in [0.2, 0.25) is 11.8 Å². The molecule has 2 aromatic carbocycles. The number of carbonyl (C=O) groups excluding carboxylic acids is 1. The summed E-state index contributed by atoms with van der Waals surface area (Å²) in [5.41, 5.74) is 2.79. The highest BCUT2D eigenvalue weighted by atomic mass is 16.1. The van der Waals surface area contributed by atoms with Gasteiger partial charge in [0.15, 0.2) is 6.29 Å². The first kappa shape index (κ1) is 20.0. The molecule has 146 valence electrons. The number of aryl methyl sites for hydroxylation is 1. The lowest BCUT2D eigenvalue weighted by Gasteiger charge is -2.12. The van der Waals surface area contributed by atoms with Gasteiger partial charge in [0.25, 0.3) is 0 Å². The third-order valence-corrected chi connectivity index (χ3v) is 4.08. The van der Waals surface area contributed by atoms with Crippen LogP contribution in [0.2, 0.25) is 0 Å². The molecule has 0 saturated carbocycles. The van der Waals surface area contributed by atoms with Crippen LogP contribution in [0, 0.1) is 29.6 Å². The number of nitrogens with one attached hydrogen (secondary N) is 3. The first-order valence-electron chi connectivity index (χ1n) is 8.71. The molecule has 0 bridgehead atoms. The monoisotopic (exact) mass is 397 g/mol. The molecule has 0 atom stereocenters. The standard InChI is InChI=1S/C21H15N7O2/c1-13-9-15(3-2-8-22)10-16(12-29)18(13)25-21-26-19(20(30)27-28-21)24-17-6-4-14(11-23)5-7-17/h2-7,9-10,12H,1H3,(H,27,30)(H2,24,25,26,28)/b3-2+. The van der Waals surface area contributed by atoms with Crippen molar-refractivity contribution in [2.24, 2.45) is 0 Å². The van der Waals surface area contributed by atoms with Gasteiger partial charge >= 0.3 is 5.56 Å². The number of nitriles is 2. The summed E-state index contributed by atoms with van der Waals surface area (Å²) in [5, 5.41) is 29.6. The first-order valence-corrected chi connectivity index (χ1v) is 8.71. The number of carbonyl (C=O) groups is 1. The summed E-state index contributed by atoms with van der Waals surface area (Å²) in [7, 11) is 0. The summed E-state index contributed by atoms with van der Waals surface area (Å²) in [6.07, 6.45) is 3.60. The average Bonchev–Trinajstić information content (AvgIpc) is 2.76. The minimum Gasteiger partial charge on any atom is -0.335 e. The lowest BCUT2D eigenvalue weighted by Crippen LogP contribution is -2.17. The highest BCUT2D eigenvalue weighted by Crippen LogP contribution is 2.25. The zero-order valence-electron chi connectivity index (χ0n) is 15.8. The number of aromatic amines is 1. The average molecular weight is 397 g/mol. The Morgan fingerprint density at radius 2 is 1.90 bits per heavy atom. The van der Waals surface area contributed by atoms with Crippen LogP contribution in [0.4, 0.5) is 23.1 Å². The maximum atomic E-state index is 12.1. The summed E-state index contributed by atoms with van der Waals surface area (Å²) in [6, 6.07) is 13.9. The van der Waals surface area contributed by atoms with Crippen LogP contribution < -0.4 is 16.2 Å². The molecule has 0 aliphatic rings. The molecule has 9 heteroatoms. The van der Waals surface area contributed by atoms with Gasteiger partial charge < -0.3 is 10.6 Å². The second-order valence-corrected chi connectivity index (χ2v) is 6.16. The number of hydrogen-bond acceptors (Lipinski definition) is 8. The van der Waals surface area contributed by atoms with Gasteiger partial charge in [0, 0.05) is 17.3 Å². The number of rotatable bonds is 6. The molecule has 30 heavy (non-hydrogen) atoms. The van der Waals surface area contributed by atoms with Crippen molar-refractivity contribution in [3.63, 3.8) is 0 Å². The molecule has 3 N–H and O–H groups in total. The van der Waals surface area contributed by atoms with Gasteiger partial charge in [-0.05, 0) is 60.5 Å². The fraction of sp³-hybridized carbons (Fsp3) is 0.0476. The second-order valence-electron chi connectivity index (χ2n) is 6.16. The Kier molecular flexibility index (Phi) is 5.96. The number of aromatic nitrogens is 3. The molecular formula is C21H15N7O2. The third kappa shape index (κ3) is 4.55. The van der Waals surface area contributed by atoms with Crippen molar-refractivity contribution in [3.05, 3.63) is 75.1 Å². The van der Waals surface area contributed by atoms with E-state index in [0.717, 1.165) is 5.56 Å². The van der Waals surface area contributed by atoms with Crippen molar-refractivity contribution >= 4 is 35.5 Å². The van der Waals surface area contributed by atoms with E-state index in [1.165, 1.54) is 6.08 Å². The zero-order valence-corrected chi connectivity index (χ0v) is 15.8. The first-order chi connectivity index (χ1) is 14.5. The van der Waals surface area contributed by atoms with Crippen LogP contribution in [0.1, 0.15) is 27.0 Å². The van der Waals surface area contributed by atoms with Crippen molar-refractivity contribution in [1.29, 1.82) is 10.5 Å². The molecule has 0 amide bonds. The Morgan fingerprint density at radius 1 is 1.13 bits per heavy atom. The molecule has 0 fully saturated rings. The largest absolute Gasteiger partial charge is 0.335 e. The number of nitrogens with zero attached hydrogens (tertiary/aromatic N) is 4. The van der Waals surface area contributed by atoms with E-state index < -0.39 is 5.56 Å². The molecule has 1 heterocycles. The molecule has 0 spiro atoms. The smallest absolute Gasteiger partial charge is 0.307 e. The maximum Gasteiger partial charge on any atom is 0.307 e. The summed E-state index contributed by atoms with van der Waals surface area (Å²) < 4.78 is 0. The number of anilines is 4. The lowest BCUT2D eigenvalue weighted by molar-refractivity contribution is 0.112. The van der Waals surface area contributed by atoms with Crippen LogP contribution in [-0.4, -0.2) is 21.5 Å². The highest BCUT2D eigenvalue weighted by Gasteiger charge is 2.11. The summed E-state index contributed by atoms with van der Waals surface area (Å²) >= 11 is 0. The van der Waals surface area contributed by atoms with Crippen LogP contribution >= 0.6 is 0 Å². The molecule has 0 aliphatic carbocycles. The molecule has 3 aromatic rings. The Hall–Kier alpha value is -4.76. The van der Waals surface area contributed by atoms with E-state index in [0.29, 0.717) is 34.4 Å². The van der Waals surface area contributed by atoms with Gasteiger partial charge in [-0.15, -0.1) is 5.10 Å². The van der Waals surface area contributed by atoms with Crippen LogP contribution in [-0.2, 0) is 0 Å². The summed E-state index contributed by atoms with van der Waals surface area (Å²) in [6.45, 7) is 1.79. The second kappa shape index (κ2) is 8.95. The summed E-state index contributed by atoms with van der Waals surface area (Å²) in [5.74, 6) is 0.0772. The minimum atomic E-state index is -0.533. The van der Waals surface area contributed by atoms with E-state index in [4.69, 9.17) is 10.5 Å². The van der Waals surface area contributed by atoms with Gasteiger partial charge in [-0.2, -0.15) is 15.5 Å². The van der Waals surface area contributed by atoms with Gasteiger partial charge in [0.1, 0.15) is 0 Å². The number of H-pyrrole nitrogens is 1. The zero-order chi connectivity index (χ0) is 21.5. The van der Waals surface area contributed by atoms with E-state index in [1.807, 2.05) is 12.1 Å². The fourth-order valence-corrected chi connectivity index (χ4v) is 2.69. The fourth-order valence-electron chi connectivity index (χ4n) is 2.69. The van der Waals surface area contributed by atoms with Crippen LogP contribution in [0.25, 0.3) is 6.08 Å². The molecule has 0 aliphatic heterocycles. The van der Waals surface area contributed by atoms with Crippen molar-refractivity contribution in [2.45, 2.75) is 6.92 Å². The molecule has 1 aromatic heterocycles. The Bertz CT molecular complexity index is 1260. The molecular weight excluding hydrogens is 382 g/mol. The predicted molar refractivity (Wildman–Crippen MR) is 112 cm³/mol. The van der Waals surface area contributed by atoms with Gasteiger partial charge in [-0.1, -0.05) is 0 Å². The van der Waals surface area contributed by atoms with Crippen LogP contribution in [0.5, 0.6) is 0 Å². The normalized spacial score (nSPS) is 10.2. The SMILES string of the molecule is Cc1cc(/C=C/C#N)cc(C=O)c1Nc1n[nH]c(=O)c(Nc2ccc(C#N)cc2)n1. The van der Waals surface area contributed by atoms with Gasteiger partial charge in [-0.3, -0.25) is 9.59 Å². The number of aldehydes is 1. The maximum absolute atomic E-state index is 12.1. The van der Waals surface area contributed by atoms with E-state index in [1.54, 1.807) is 49.4 Å². The molecule has 0 radical (unpaired) electrons. The van der Waals surface area contributed by atoms with Crippen molar-refractivity contribution < 1.29 is 4.79 Å². The van der Waals surface area contributed by atoms with Crippen LogP contribution in [0.3, 0.4) is 0 Å². The van der Waals surface area contributed by atoms with Gasteiger partial charge in [-0.25, -0.2) is 5.10 Å². The van der Waals surface area contributed by atoms with E-state index >= 15 is 0 Å². The summed E-state index contributed by atoms with van der Waals surface area (Å²) in [4.78, 5) is 27.8. The van der Waals surface area contributed by atoms with Crippen molar-refractivity contribution in [3.8, 4) is 12.1 Å². The van der Waals surface area contributed by atoms with E-state index in [2.05, 4.69) is 25.8 Å². The van der Waals surface area contributed by atoms with Crippen LogP contribution in [0.15, 0.2) is 47.3 Å². The quantitative estimate of drug-likeness (QED) is 0.424. The number of benzene rings is 2. The van der Waals surface area contributed by atoms with Crippen molar-refractivity contribution in [1.82, 2.24) is 15.2 Å². The predicted octanol–water partition coefficient (Wildman–Crippen LogP) is 3.18. The topological polar surface area (TPSA) is 147 Å². The van der Waals surface area contributed by atoms with Gasteiger partial charge in [0.05, 0.1) is 23.4 Å².